The van der Waals surface area contributed by atoms with Crippen LogP contribution in [0.5, 0.6) is 0 Å². The molecule has 0 aliphatic carbocycles. The number of anilines is 1. The molecule has 1 fully saturated rings. The van der Waals surface area contributed by atoms with Crippen LogP contribution in [-0.4, -0.2) is 47.0 Å². The number of fused-ring (bicyclic) bond motifs is 3. The third kappa shape index (κ3) is 3.03. The van der Waals surface area contributed by atoms with Crippen molar-refractivity contribution in [2.24, 2.45) is 14.1 Å². The van der Waals surface area contributed by atoms with Crippen molar-refractivity contribution in [3.8, 4) is 16.8 Å². The van der Waals surface area contributed by atoms with Gasteiger partial charge in [0.1, 0.15) is 0 Å². The van der Waals surface area contributed by atoms with Crippen LogP contribution in [0.2, 0.25) is 0 Å². The van der Waals surface area contributed by atoms with E-state index in [9.17, 15) is 4.79 Å². The van der Waals surface area contributed by atoms with Gasteiger partial charge in [0.25, 0.3) is 0 Å². The summed E-state index contributed by atoms with van der Waals surface area (Å²) in [6.07, 6.45) is 9.76. The van der Waals surface area contributed by atoms with E-state index in [0.29, 0.717) is 0 Å². The van der Waals surface area contributed by atoms with Crippen molar-refractivity contribution in [1.82, 2.24) is 33.9 Å². The average molecular weight is 441 g/mol. The zero-order valence-electron chi connectivity index (χ0n) is 18.9. The smallest absolute Gasteiger partial charge is 0.333 e. The van der Waals surface area contributed by atoms with Gasteiger partial charge in [-0.1, -0.05) is 6.07 Å². The van der Waals surface area contributed by atoms with Gasteiger partial charge >= 0.3 is 5.69 Å². The summed E-state index contributed by atoms with van der Waals surface area (Å²) in [4.78, 5) is 29.3. The number of pyridine rings is 1. The van der Waals surface area contributed by atoms with Gasteiger partial charge in [0, 0.05) is 56.7 Å². The highest BCUT2D eigenvalue weighted by atomic mass is 16.1. The Labute approximate surface area is 189 Å². The van der Waals surface area contributed by atoms with Gasteiger partial charge in [0.15, 0.2) is 0 Å². The molecule has 4 aromatic heterocycles. The predicted octanol–water partition coefficient (Wildman–Crippen LogP) is 2.98. The number of rotatable bonds is 3. The summed E-state index contributed by atoms with van der Waals surface area (Å²) in [6, 6.07) is 6.08. The standard InChI is InChI=1S/C24H24N8O/c1-15-21(14-29(2)28-15)32-22-18-10-16(6-7-19(18)25-13-20(22)30(3)24(32)33)17-11-26-23(27-12-17)31-8-4-5-9-31/h6-7,10-14H,4-5,8-9H2,1-3H3. The molecule has 0 spiro atoms. The molecule has 5 heterocycles. The highest BCUT2D eigenvalue weighted by molar-refractivity contribution is 6.04. The number of hydrogen-bond donors (Lipinski definition) is 0. The van der Waals surface area contributed by atoms with Gasteiger partial charge in [-0.05, 0) is 37.5 Å². The van der Waals surface area contributed by atoms with Crippen molar-refractivity contribution >= 4 is 27.9 Å². The number of imidazole rings is 1. The molecule has 0 radical (unpaired) electrons. The van der Waals surface area contributed by atoms with Crippen molar-refractivity contribution in [1.29, 1.82) is 0 Å². The first-order chi connectivity index (χ1) is 16.0. The van der Waals surface area contributed by atoms with Crippen LogP contribution in [0, 0.1) is 6.92 Å². The minimum absolute atomic E-state index is 0.126. The SMILES string of the molecule is Cc1nn(C)cc1-n1c(=O)n(C)c2cnc3ccc(-c4cnc(N5CCCC5)nc4)cc3c21. The second-order valence-electron chi connectivity index (χ2n) is 8.64. The lowest BCUT2D eigenvalue weighted by molar-refractivity contribution is 0.756. The largest absolute Gasteiger partial charge is 0.341 e. The first-order valence-electron chi connectivity index (χ1n) is 11.1. The van der Waals surface area contributed by atoms with E-state index in [2.05, 4.69) is 31.0 Å². The molecular formula is C24H24N8O. The third-order valence-electron chi connectivity index (χ3n) is 6.47. The van der Waals surface area contributed by atoms with Crippen LogP contribution in [-0.2, 0) is 14.1 Å². The van der Waals surface area contributed by atoms with Gasteiger partial charge in [-0.2, -0.15) is 5.10 Å². The summed E-state index contributed by atoms with van der Waals surface area (Å²) in [5, 5.41) is 5.34. The van der Waals surface area contributed by atoms with Crippen LogP contribution < -0.4 is 10.6 Å². The van der Waals surface area contributed by atoms with Crippen molar-refractivity contribution in [3.63, 3.8) is 0 Å². The quantitative estimate of drug-likeness (QED) is 0.429. The number of benzene rings is 1. The lowest BCUT2D eigenvalue weighted by atomic mass is 10.1. The number of aromatic nitrogens is 7. The monoisotopic (exact) mass is 440 g/mol. The lowest BCUT2D eigenvalue weighted by Crippen LogP contribution is -2.21. The highest BCUT2D eigenvalue weighted by Crippen LogP contribution is 2.30. The van der Waals surface area contributed by atoms with E-state index in [1.54, 1.807) is 27.1 Å². The van der Waals surface area contributed by atoms with Gasteiger partial charge in [-0.3, -0.25) is 18.8 Å². The Morgan fingerprint density at radius 1 is 0.939 bits per heavy atom. The molecule has 0 bridgehead atoms. The van der Waals surface area contributed by atoms with Crippen molar-refractivity contribution < 1.29 is 0 Å². The molecule has 9 heteroatoms. The molecule has 0 unspecified atom stereocenters. The molecule has 0 amide bonds. The summed E-state index contributed by atoms with van der Waals surface area (Å²) in [6.45, 7) is 3.94. The van der Waals surface area contributed by atoms with Gasteiger partial charge in [0.2, 0.25) is 5.95 Å². The first kappa shape index (κ1) is 19.7. The Bertz CT molecular complexity index is 1570. The molecule has 1 saturated heterocycles. The average Bonchev–Trinajstić information content (AvgIpc) is 3.53. The van der Waals surface area contributed by atoms with Crippen molar-refractivity contribution in [3.05, 3.63) is 59.2 Å². The lowest BCUT2D eigenvalue weighted by Gasteiger charge is -2.14. The Balaban J connectivity index is 1.55. The normalized spacial score (nSPS) is 14.1. The fourth-order valence-electron chi connectivity index (χ4n) is 4.76. The molecule has 1 aliphatic heterocycles. The molecule has 0 atom stereocenters. The number of aryl methyl sites for hydroxylation is 3. The van der Waals surface area contributed by atoms with E-state index < -0.39 is 0 Å². The maximum absolute atomic E-state index is 13.2. The van der Waals surface area contributed by atoms with E-state index >= 15 is 0 Å². The second kappa shape index (κ2) is 7.26. The maximum atomic E-state index is 13.2. The van der Waals surface area contributed by atoms with Gasteiger partial charge < -0.3 is 4.90 Å². The Morgan fingerprint density at radius 2 is 1.70 bits per heavy atom. The zero-order chi connectivity index (χ0) is 22.7. The zero-order valence-corrected chi connectivity index (χ0v) is 18.9. The number of nitrogens with zero attached hydrogens (tertiary/aromatic N) is 8. The van der Waals surface area contributed by atoms with Crippen LogP contribution in [0.25, 0.3) is 38.8 Å². The van der Waals surface area contributed by atoms with Gasteiger partial charge in [-0.25, -0.2) is 14.8 Å². The van der Waals surface area contributed by atoms with Crippen LogP contribution in [0.1, 0.15) is 18.5 Å². The van der Waals surface area contributed by atoms with E-state index in [1.807, 2.05) is 44.7 Å². The Hall–Kier alpha value is -4.01. The minimum atomic E-state index is -0.126. The third-order valence-corrected chi connectivity index (χ3v) is 6.47. The van der Waals surface area contributed by atoms with E-state index in [0.717, 1.165) is 63.5 Å². The Morgan fingerprint density at radius 3 is 2.39 bits per heavy atom. The Kier molecular flexibility index (Phi) is 4.33. The molecule has 6 rings (SSSR count). The molecule has 0 N–H and O–H groups in total. The molecule has 1 aliphatic rings. The topological polar surface area (TPSA) is 86.7 Å². The molecule has 0 saturated carbocycles. The molecular weight excluding hydrogens is 416 g/mol. The maximum Gasteiger partial charge on any atom is 0.333 e. The van der Waals surface area contributed by atoms with Gasteiger partial charge in [0.05, 0.1) is 34.1 Å². The van der Waals surface area contributed by atoms with E-state index in [-0.39, 0.29) is 5.69 Å². The summed E-state index contributed by atoms with van der Waals surface area (Å²) in [5.74, 6) is 0.782. The summed E-state index contributed by atoms with van der Waals surface area (Å²) >= 11 is 0. The van der Waals surface area contributed by atoms with Crippen molar-refractivity contribution in [2.75, 3.05) is 18.0 Å². The molecule has 5 aromatic rings. The summed E-state index contributed by atoms with van der Waals surface area (Å²) < 4.78 is 5.09. The summed E-state index contributed by atoms with van der Waals surface area (Å²) in [7, 11) is 3.63. The number of hydrogen-bond acceptors (Lipinski definition) is 6. The van der Waals surface area contributed by atoms with Crippen LogP contribution >= 0.6 is 0 Å². The van der Waals surface area contributed by atoms with E-state index in [1.165, 1.54) is 12.8 Å². The van der Waals surface area contributed by atoms with Crippen LogP contribution in [0.3, 0.4) is 0 Å². The highest BCUT2D eigenvalue weighted by Gasteiger charge is 2.20. The molecule has 9 nitrogen and oxygen atoms in total. The predicted molar refractivity (Wildman–Crippen MR) is 128 cm³/mol. The fourth-order valence-corrected chi connectivity index (χ4v) is 4.76. The van der Waals surface area contributed by atoms with Crippen molar-refractivity contribution in [2.45, 2.75) is 19.8 Å². The van der Waals surface area contributed by atoms with Gasteiger partial charge in [-0.15, -0.1) is 0 Å². The van der Waals surface area contributed by atoms with Crippen LogP contribution in [0.15, 0.2) is 47.8 Å². The molecule has 1 aromatic carbocycles. The summed E-state index contributed by atoms with van der Waals surface area (Å²) in [5.41, 5.74) is 5.76. The molecule has 166 valence electrons. The first-order valence-corrected chi connectivity index (χ1v) is 11.1. The molecule has 33 heavy (non-hydrogen) atoms. The minimum Gasteiger partial charge on any atom is -0.341 e. The second-order valence-corrected chi connectivity index (χ2v) is 8.64. The van der Waals surface area contributed by atoms with E-state index in [4.69, 9.17) is 0 Å². The fraction of sp³-hybridized carbons (Fsp3) is 0.292. The van der Waals surface area contributed by atoms with Crippen LogP contribution in [0.4, 0.5) is 5.95 Å².